The quantitative estimate of drug-likeness (QED) is 0.878. The number of thiophene rings is 1. The van der Waals surface area contributed by atoms with Crippen molar-refractivity contribution in [3.8, 4) is 0 Å². The number of ketones is 1. The van der Waals surface area contributed by atoms with Crippen LogP contribution in [-0.4, -0.2) is 34.8 Å². The molecule has 0 unspecified atom stereocenters. The third-order valence-corrected chi connectivity index (χ3v) is 5.18. The first-order chi connectivity index (χ1) is 11.2. The molecule has 1 amide bonds. The van der Waals surface area contributed by atoms with Crippen LogP contribution in [0.5, 0.6) is 0 Å². The van der Waals surface area contributed by atoms with Crippen LogP contribution in [0.1, 0.15) is 34.2 Å². The number of carbonyl (C=O) groups is 2. The second-order valence-corrected chi connectivity index (χ2v) is 6.70. The summed E-state index contributed by atoms with van der Waals surface area (Å²) in [5, 5.41) is 12.1. The van der Waals surface area contributed by atoms with Gasteiger partial charge in [0, 0.05) is 19.0 Å². The minimum Gasteiger partial charge on any atom is -0.378 e. The third-order valence-electron chi connectivity index (χ3n) is 4.29. The van der Waals surface area contributed by atoms with E-state index in [9.17, 15) is 14.7 Å². The highest BCUT2D eigenvalue weighted by Crippen LogP contribution is 2.26. The zero-order valence-electron chi connectivity index (χ0n) is 12.7. The first-order valence-electron chi connectivity index (χ1n) is 7.76. The monoisotopic (exact) mass is 329 g/mol. The van der Waals surface area contributed by atoms with Crippen LogP contribution in [0.15, 0.2) is 47.8 Å². The van der Waals surface area contributed by atoms with Gasteiger partial charge in [-0.2, -0.15) is 0 Å². The molecule has 1 aliphatic rings. The molecule has 1 aromatic heterocycles. The number of likely N-dealkylation sites (tertiary alicyclic amines) is 1. The predicted octanol–water partition coefficient (Wildman–Crippen LogP) is 2.90. The second kappa shape index (κ2) is 7.06. The molecule has 0 radical (unpaired) electrons. The van der Waals surface area contributed by atoms with E-state index in [4.69, 9.17) is 0 Å². The molecular formula is C18H19NO3S. The fraction of sp³-hybridized carbons (Fsp3) is 0.333. The Morgan fingerprint density at radius 2 is 1.78 bits per heavy atom. The van der Waals surface area contributed by atoms with Crippen molar-refractivity contribution in [1.82, 2.24) is 4.90 Å². The minimum absolute atomic E-state index is 0.0217. The fourth-order valence-electron chi connectivity index (χ4n) is 2.93. The standard InChI is InChI=1S/C18H19NO3S/c20-16(15-7-4-12-23-15)14-8-10-19(11-9-14)18(22)17(21)13-5-2-1-3-6-13/h1-7,12,14,17,21H,8-11H2/t17-/m0/s1. The molecule has 2 aromatic rings. The number of carbonyl (C=O) groups excluding carboxylic acids is 2. The van der Waals surface area contributed by atoms with Crippen molar-refractivity contribution in [1.29, 1.82) is 0 Å². The molecule has 0 spiro atoms. The van der Waals surface area contributed by atoms with Crippen molar-refractivity contribution < 1.29 is 14.7 Å². The number of piperidine rings is 1. The molecule has 1 atom stereocenters. The molecule has 1 saturated heterocycles. The van der Waals surface area contributed by atoms with Gasteiger partial charge in [-0.15, -0.1) is 11.3 Å². The van der Waals surface area contributed by atoms with Crippen LogP contribution >= 0.6 is 11.3 Å². The summed E-state index contributed by atoms with van der Waals surface area (Å²) in [6.07, 6.45) is 0.189. The summed E-state index contributed by atoms with van der Waals surface area (Å²) in [6.45, 7) is 1.04. The molecule has 1 N–H and O–H groups in total. The molecule has 1 aromatic carbocycles. The zero-order valence-corrected chi connectivity index (χ0v) is 13.5. The molecule has 2 heterocycles. The number of amides is 1. The summed E-state index contributed by atoms with van der Waals surface area (Å²) in [5.74, 6) is -0.125. The van der Waals surface area contributed by atoms with E-state index >= 15 is 0 Å². The van der Waals surface area contributed by atoms with Crippen LogP contribution in [0.4, 0.5) is 0 Å². The topological polar surface area (TPSA) is 57.6 Å². The van der Waals surface area contributed by atoms with Crippen LogP contribution in [0.3, 0.4) is 0 Å². The lowest BCUT2D eigenvalue weighted by Gasteiger charge is -2.32. The lowest BCUT2D eigenvalue weighted by molar-refractivity contribution is -0.141. The summed E-state index contributed by atoms with van der Waals surface area (Å²) < 4.78 is 0. The first kappa shape index (κ1) is 15.9. The zero-order chi connectivity index (χ0) is 16.2. The largest absolute Gasteiger partial charge is 0.378 e. The lowest BCUT2D eigenvalue weighted by Crippen LogP contribution is -2.42. The summed E-state index contributed by atoms with van der Waals surface area (Å²) in [7, 11) is 0. The molecule has 1 aliphatic heterocycles. The van der Waals surface area contributed by atoms with Gasteiger partial charge in [0.15, 0.2) is 11.9 Å². The number of Topliss-reactive ketones (excluding diaryl/α,β-unsaturated/α-hetero) is 1. The molecule has 4 nitrogen and oxygen atoms in total. The van der Waals surface area contributed by atoms with Gasteiger partial charge >= 0.3 is 0 Å². The Balaban J connectivity index is 1.58. The molecular weight excluding hydrogens is 310 g/mol. The third kappa shape index (κ3) is 3.51. The Morgan fingerprint density at radius 3 is 2.39 bits per heavy atom. The number of hydrogen-bond donors (Lipinski definition) is 1. The predicted molar refractivity (Wildman–Crippen MR) is 89.4 cm³/mol. The number of nitrogens with zero attached hydrogens (tertiary/aromatic N) is 1. The fourth-order valence-corrected chi connectivity index (χ4v) is 3.68. The van der Waals surface area contributed by atoms with Gasteiger partial charge in [0.2, 0.25) is 0 Å². The number of aliphatic hydroxyl groups excluding tert-OH is 1. The molecule has 23 heavy (non-hydrogen) atoms. The van der Waals surface area contributed by atoms with E-state index in [0.717, 1.165) is 4.88 Å². The average Bonchev–Trinajstić information content (AvgIpc) is 3.15. The summed E-state index contributed by atoms with van der Waals surface area (Å²) in [4.78, 5) is 27.2. The molecule has 120 valence electrons. The van der Waals surface area contributed by atoms with E-state index in [1.54, 1.807) is 29.2 Å². The van der Waals surface area contributed by atoms with E-state index in [1.807, 2.05) is 23.6 Å². The summed E-state index contributed by atoms with van der Waals surface area (Å²) >= 11 is 1.46. The van der Waals surface area contributed by atoms with Crippen molar-refractivity contribution in [3.63, 3.8) is 0 Å². The number of aliphatic hydroxyl groups is 1. The lowest BCUT2D eigenvalue weighted by atomic mass is 9.91. The molecule has 5 heteroatoms. The van der Waals surface area contributed by atoms with Crippen LogP contribution < -0.4 is 0 Å². The van der Waals surface area contributed by atoms with Crippen molar-refractivity contribution in [2.24, 2.45) is 5.92 Å². The highest BCUT2D eigenvalue weighted by molar-refractivity contribution is 7.12. The second-order valence-electron chi connectivity index (χ2n) is 5.75. The highest BCUT2D eigenvalue weighted by Gasteiger charge is 2.31. The van der Waals surface area contributed by atoms with Gasteiger partial charge in [-0.25, -0.2) is 0 Å². The van der Waals surface area contributed by atoms with Gasteiger partial charge in [0.1, 0.15) is 0 Å². The molecule has 0 bridgehead atoms. The Kier molecular flexibility index (Phi) is 4.88. The van der Waals surface area contributed by atoms with Crippen LogP contribution in [0.2, 0.25) is 0 Å². The Morgan fingerprint density at radius 1 is 1.09 bits per heavy atom. The first-order valence-corrected chi connectivity index (χ1v) is 8.64. The van der Waals surface area contributed by atoms with Gasteiger partial charge < -0.3 is 10.0 Å². The number of rotatable bonds is 4. The number of hydrogen-bond acceptors (Lipinski definition) is 4. The van der Waals surface area contributed by atoms with Gasteiger partial charge in [-0.1, -0.05) is 36.4 Å². The maximum atomic E-state index is 12.4. The van der Waals surface area contributed by atoms with Crippen molar-refractivity contribution in [2.45, 2.75) is 18.9 Å². The average molecular weight is 329 g/mol. The van der Waals surface area contributed by atoms with E-state index in [0.29, 0.717) is 31.5 Å². The van der Waals surface area contributed by atoms with E-state index < -0.39 is 6.10 Å². The highest BCUT2D eigenvalue weighted by atomic mass is 32.1. The summed E-state index contributed by atoms with van der Waals surface area (Å²) in [6, 6.07) is 12.7. The van der Waals surface area contributed by atoms with Crippen molar-refractivity contribution >= 4 is 23.0 Å². The van der Waals surface area contributed by atoms with Gasteiger partial charge in [0.25, 0.3) is 5.91 Å². The van der Waals surface area contributed by atoms with Crippen molar-refractivity contribution in [3.05, 3.63) is 58.3 Å². The molecule has 1 fully saturated rings. The van der Waals surface area contributed by atoms with Gasteiger partial charge in [0.05, 0.1) is 4.88 Å². The minimum atomic E-state index is -1.12. The molecule has 0 aliphatic carbocycles. The van der Waals surface area contributed by atoms with E-state index in [2.05, 4.69) is 0 Å². The van der Waals surface area contributed by atoms with E-state index in [1.165, 1.54) is 11.3 Å². The molecule has 3 rings (SSSR count). The molecule has 0 saturated carbocycles. The van der Waals surface area contributed by atoms with Crippen LogP contribution in [0.25, 0.3) is 0 Å². The normalized spacial score (nSPS) is 17.0. The van der Waals surface area contributed by atoms with Gasteiger partial charge in [-0.05, 0) is 29.9 Å². The summed E-state index contributed by atoms with van der Waals surface area (Å²) in [5.41, 5.74) is 0.606. The Hall–Kier alpha value is -1.98. The maximum Gasteiger partial charge on any atom is 0.256 e. The van der Waals surface area contributed by atoms with Crippen molar-refractivity contribution in [2.75, 3.05) is 13.1 Å². The van der Waals surface area contributed by atoms with Gasteiger partial charge in [-0.3, -0.25) is 9.59 Å². The van der Waals surface area contributed by atoms with E-state index in [-0.39, 0.29) is 17.6 Å². The maximum absolute atomic E-state index is 12.4. The SMILES string of the molecule is O=C(c1cccs1)C1CCN(C(=O)[C@@H](O)c2ccccc2)CC1. The van der Waals surface area contributed by atoms with Crippen LogP contribution in [-0.2, 0) is 4.79 Å². The Bertz CT molecular complexity index is 661. The van der Waals surface area contributed by atoms with Crippen LogP contribution in [0, 0.1) is 5.92 Å². The Labute approximate surface area is 139 Å². The smallest absolute Gasteiger partial charge is 0.256 e. The number of benzene rings is 1.